The van der Waals surface area contributed by atoms with Gasteiger partial charge in [-0.05, 0) is 47.2 Å². The molecule has 1 N–H and O–H groups in total. The van der Waals surface area contributed by atoms with Crippen molar-refractivity contribution in [2.24, 2.45) is 5.92 Å². The first-order valence-electron chi connectivity index (χ1n) is 6.26. The molecule has 102 valence electrons. The molecule has 0 radical (unpaired) electrons. The third-order valence-corrected chi connectivity index (χ3v) is 3.30. The predicted molar refractivity (Wildman–Crippen MR) is 82.8 cm³/mol. The highest BCUT2D eigenvalue weighted by atomic mass is 127. The maximum atomic E-state index is 14.0. The Kier molecular flexibility index (Phi) is 4.93. The van der Waals surface area contributed by atoms with Gasteiger partial charge in [-0.25, -0.2) is 9.07 Å². The molecule has 1 aromatic heterocycles. The molecule has 0 fully saturated rings. The van der Waals surface area contributed by atoms with Crippen molar-refractivity contribution in [1.82, 2.24) is 15.1 Å². The largest absolute Gasteiger partial charge is 0.312 e. The summed E-state index contributed by atoms with van der Waals surface area (Å²) in [5.74, 6) is 0.347. The van der Waals surface area contributed by atoms with Crippen LogP contribution in [0.1, 0.15) is 19.4 Å². The highest BCUT2D eigenvalue weighted by Crippen LogP contribution is 2.18. The molecule has 1 heterocycles. The van der Waals surface area contributed by atoms with E-state index >= 15 is 0 Å². The van der Waals surface area contributed by atoms with Gasteiger partial charge in [0.05, 0.1) is 15.5 Å². The van der Waals surface area contributed by atoms with Crippen LogP contribution in [-0.4, -0.2) is 16.3 Å². The number of hydrogen-bond acceptors (Lipinski definition) is 2. The highest BCUT2D eigenvalue weighted by Gasteiger charge is 2.10. The van der Waals surface area contributed by atoms with Crippen molar-refractivity contribution >= 4 is 22.6 Å². The van der Waals surface area contributed by atoms with Gasteiger partial charge in [0.15, 0.2) is 0 Å². The second-order valence-corrected chi connectivity index (χ2v) is 6.11. The normalized spacial score (nSPS) is 11.2. The molecule has 1 aromatic carbocycles. The van der Waals surface area contributed by atoms with Crippen molar-refractivity contribution in [1.29, 1.82) is 0 Å². The molecule has 0 saturated carbocycles. The maximum Gasteiger partial charge on any atom is 0.129 e. The summed E-state index contributed by atoms with van der Waals surface area (Å²) in [6.07, 6.45) is 3.65. The van der Waals surface area contributed by atoms with Gasteiger partial charge < -0.3 is 5.32 Å². The molecular weight excluding hydrogens is 356 g/mol. The van der Waals surface area contributed by atoms with Gasteiger partial charge in [-0.2, -0.15) is 5.10 Å². The fourth-order valence-electron chi connectivity index (χ4n) is 1.86. The number of nitrogens with one attached hydrogen (secondary N) is 1. The SMILES string of the molecule is CC(C)CNCc1c(F)cccc1-n1cc(I)cn1. The standard InChI is InChI=1S/C14H17FIN3/c1-10(2)6-17-8-12-13(15)4-3-5-14(12)19-9-11(16)7-18-19/h3-5,7,9-10,17H,6,8H2,1-2H3. The summed E-state index contributed by atoms with van der Waals surface area (Å²) in [5, 5.41) is 7.52. The summed E-state index contributed by atoms with van der Waals surface area (Å²) in [6, 6.07) is 5.09. The van der Waals surface area contributed by atoms with Crippen LogP contribution in [0.4, 0.5) is 4.39 Å². The van der Waals surface area contributed by atoms with Crippen LogP contribution in [0, 0.1) is 15.3 Å². The Hall–Kier alpha value is -0.950. The van der Waals surface area contributed by atoms with E-state index in [1.807, 2.05) is 12.3 Å². The van der Waals surface area contributed by atoms with Gasteiger partial charge in [-0.3, -0.25) is 0 Å². The minimum atomic E-state index is -0.195. The summed E-state index contributed by atoms with van der Waals surface area (Å²) in [5.41, 5.74) is 1.45. The lowest BCUT2D eigenvalue weighted by molar-refractivity contribution is 0.532. The molecule has 0 amide bonds. The molecule has 0 aliphatic rings. The van der Waals surface area contributed by atoms with Gasteiger partial charge in [0.1, 0.15) is 5.82 Å². The van der Waals surface area contributed by atoms with E-state index in [0.717, 1.165) is 15.8 Å². The van der Waals surface area contributed by atoms with Gasteiger partial charge >= 0.3 is 0 Å². The number of nitrogens with zero attached hydrogens (tertiary/aromatic N) is 2. The van der Waals surface area contributed by atoms with E-state index in [1.165, 1.54) is 6.07 Å². The van der Waals surface area contributed by atoms with Crippen molar-refractivity contribution < 1.29 is 4.39 Å². The van der Waals surface area contributed by atoms with Crippen molar-refractivity contribution in [3.05, 3.63) is 45.5 Å². The molecule has 0 spiro atoms. The predicted octanol–water partition coefficient (Wildman–Crippen LogP) is 3.36. The first kappa shape index (κ1) is 14.5. The minimum Gasteiger partial charge on any atom is -0.312 e. The van der Waals surface area contributed by atoms with E-state index < -0.39 is 0 Å². The Morgan fingerprint density at radius 1 is 1.42 bits per heavy atom. The van der Waals surface area contributed by atoms with Crippen molar-refractivity contribution in [3.63, 3.8) is 0 Å². The number of rotatable bonds is 5. The van der Waals surface area contributed by atoms with Crippen LogP contribution >= 0.6 is 22.6 Å². The summed E-state index contributed by atoms with van der Waals surface area (Å²) in [4.78, 5) is 0. The maximum absolute atomic E-state index is 14.0. The lowest BCUT2D eigenvalue weighted by Crippen LogP contribution is -2.21. The average molecular weight is 373 g/mol. The van der Waals surface area contributed by atoms with Crippen LogP contribution in [-0.2, 0) is 6.54 Å². The van der Waals surface area contributed by atoms with Crippen molar-refractivity contribution in [3.8, 4) is 5.69 Å². The van der Waals surface area contributed by atoms with Gasteiger partial charge in [0.2, 0.25) is 0 Å². The Morgan fingerprint density at radius 3 is 2.84 bits per heavy atom. The summed E-state index contributed by atoms with van der Waals surface area (Å²) < 4.78 is 16.7. The van der Waals surface area contributed by atoms with Gasteiger partial charge in [-0.15, -0.1) is 0 Å². The fraction of sp³-hybridized carbons (Fsp3) is 0.357. The Bertz CT molecular complexity index is 551. The molecule has 0 saturated heterocycles. The molecule has 5 heteroatoms. The Labute approximate surface area is 126 Å². The fourth-order valence-corrected chi connectivity index (χ4v) is 2.24. The average Bonchev–Trinajstić information content (AvgIpc) is 2.77. The zero-order valence-corrected chi connectivity index (χ0v) is 13.2. The van der Waals surface area contributed by atoms with E-state index in [2.05, 4.69) is 46.9 Å². The van der Waals surface area contributed by atoms with Crippen LogP contribution < -0.4 is 5.32 Å². The number of hydrogen-bond donors (Lipinski definition) is 1. The van der Waals surface area contributed by atoms with E-state index in [9.17, 15) is 4.39 Å². The zero-order valence-electron chi connectivity index (χ0n) is 11.0. The summed E-state index contributed by atoms with van der Waals surface area (Å²) in [7, 11) is 0. The van der Waals surface area contributed by atoms with Gasteiger partial charge in [0, 0.05) is 18.3 Å². The number of benzene rings is 1. The first-order valence-corrected chi connectivity index (χ1v) is 7.34. The Balaban J connectivity index is 2.26. The van der Waals surface area contributed by atoms with Gasteiger partial charge in [-0.1, -0.05) is 19.9 Å². The molecule has 0 aliphatic carbocycles. The monoisotopic (exact) mass is 373 g/mol. The van der Waals surface area contributed by atoms with E-state index in [0.29, 0.717) is 18.0 Å². The van der Waals surface area contributed by atoms with Gasteiger partial charge in [0.25, 0.3) is 0 Å². The molecule has 0 aliphatic heterocycles. The van der Waals surface area contributed by atoms with Crippen molar-refractivity contribution in [2.45, 2.75) is 20.4 Å². The lowest BCUT2D eigenvalue weighted by atomic mass is 10.1. The molecular formula is C14H17FIN3. The zero-order chi connectivity index (χ0) is 13.8. The first-order chi connectivity index (χ1) is 9.08. The summed E-state index contributed by atoms with van der Waals surface area (Å²) in [6.45, 7) is 5.64. The van der Waals surface area contributed by atoms with E-state index in [4.69, 9.17) is 0 Å². The molecule has 2 rings (SSSR count). The van der Waals surface area contributed by atoms with Crippen LogP contribution in [0.3, 0.4) is 0 Å². The van der Waals surface area contributed by atoms with Crippen LogP contribution in [0.2, 0.25) is 0 Å². The third kappa shape index (κ3) is 3.76. The van der Waals surface area contributed by atoms with Crippen LogP contribution in [0.15, 0.2) is 30.6 Å². The molecule has 3 nitrogen and oxygen atoms in total. The lowest BCUT2D eigenvalue weighted by Gasteiger charge is -2.12. The molecule has 2 aromatic rings. The minimum absolute atomic E-state index is 0.195. The smallest absolute Gasteiger partial charge is 0.129 e. The number of halogens is 2. The quantitative estimate of drug-likeness (QED) is 0.815. The Morgan fingerprint density at radius 2 is 2.21 bits per heavy atom. The highest BCUT2D eigenvalue weighted by molar-refractivity contribution is 14.1. The third-order valence-electron chi connectivity index (χ3n) is 2.75. The topological polar surface area (TPSA) is 29.9 Å². The van der Waals surface area contributed by atoms with Crippen LogP contribution in [0.25, 0.3) is 5.69 Å². The van der Waals surface area contributed by atoms with E-state index in [1.54, 1.807) is 16.9 Å². The molecule has 0 atom stereocenters. The molecule has 0 bridgehead atoms. The second kappa shape index (κ2) is 6.47. The second-order valence-electron chi connectivity index (χ2n) is 4.87. The van der Waals surface area contributed by atoms with E-state index in [-0.39, 0.29) is 5.82 Å². The molecule has 19 heavy (non-hydrogen) atoms. The number of aromatic nitrogens is 2. The summed E-state index contributed by atoms with van der Waals surface area (Å²) >= 11 is 2.19. The molecule has 0 unspecified atom stereocenters. The van der Waals surface area contributed by atoms with Crippen molar-refractivity contribution in [2.75, 3.05) is 6.54 Å². The van der Waals surface area contributed by atoms with Crippen LogP contribution in [0.5, 0.6) is 0 Å².